The molecule has 7 heteroatoms. The van der Waals surface area contributed by atoms with E-state index in [4.69, 9.17) is 9.47 Å². The molecule has 0 N–H and O–H groups in total. The Hall–Kier alpha value is -3.09. The molecule has 7 nitrogen and oxygen atoms in total. The van der Waals surface area contributed by atoms with Crippen LogP contribution in [0.3, 0.4) is 0 Å². The Bertz CT molecular complexity index is 830. The van der Waals surface area contributed by atoms with Gasteiger partial charge in [-0.3, -0.25) is 10.1 Å². The minimum atomic E-state index is -0.631. The topological polar surface area (TPSA) is 81.9 Å². The lowest BCUT2D eigenvalue weighted by molar-refractivity contribution is -0.384. The fraction of sp³-hybridized carbons (Fsp3) is 0.381. The number of rotatable bonds is 7. The van der Waals surface area contributed by atoms with Gasteiger partial charge >= 0.3 is 6.09 Å². The molecule has 0 aliphatic carbocycles. The monoisotopic (exact) mass is 386 g/mol. The lowest BCUT2D eigenvalue weighted by Crippen LogP contribution is -2.37. The van der Waals surface area contributed by atoms with Gasteiger partial charge in [0, 0.05) is 25.2 Å². The highest BCUT2D eigenvalue weighted by Crippen LogP contribution is 2.18. The van der Waals surface area contributed by atoms with E-state index in [0.717, 1.165) is 11.3 Å². The van der Waals surface area contributed by atoms with Gasteiger partial charge in [-0.25, -0.2) is 4.79 Å². The van der Waals surface area contributed by atoms with Gasteiger partial charge in [0.2, 0.25) is 0 Å². The van der Waals surface area contributed by atoms with Crippen LogP contribution in [0.1, 0.15) is 31.9 Å². The average molecular weight is 386 g/mol. The molecule has 0 aromatic heterocycles. The molecule has 0 heterocycles. The molecule has 2 aromatic rings. The van der Waals surface area contributed by atoms with Gasteiger partial charge in [-0.15, -0.1) is 0 Å². The molecule has 0 saturated heterocycles. The first-order valence-electron chi connectivity index (χ1n) is 9.02. The molecule has 0 atom stereocenters. The van der Waals surface area contributed by atoms with Crippen molar-refractivity contribution in [3.8, 4) is 5.75 Å². The van der Waals surface area contributed by atoms with Crippen molar-refractivity contribution in [3.63, 3.8) is 0 Å². The predicted molar refractivity (Wildman–Crippen MR) is 106 cm³/mol. The lowest BCUT2D eigenvalue weighted by Gasteiger charge is -2.27. The molecule has 0 spiro atoms. The molecule has 0 fully saturated rings. The van der Waals surface area contributed by atoms with Crippen LogP contribution >= 0.6 is 0 Å². The summed E-state index contributed by atoms with van der Waals surface area (Å²) in [6, 6.07) is 13.9. The summed E-state index contributed by atoms with van der Waals surface area (Å²) in [6.07, 6.45) is 0.146. The van der Waals surface area contributed by atoms with E-state index in [0.29, 0.717) is 18.5 Å². The highest BCUT2D eigenvalue weighted by molar-refractivity contribution is 5.68. The molecule has 0 aliphatic heterocycles. The number of benzene rings is 2. The van der Waals surface area contributed by atoms with E-state index in [2.05, 4.69) is 0 Å². The molecule has 0 radical (unpaired) electrons. The fourth-order valence-electron chi connectivity index (χ4n) is 2.64. The number of hydrogen-bond acceptors (Lipinski definition) is 5. The van der Waals surface area contributed by atoms with Crippen LogP contribution in [0.5, 0.6) is 5.75 Å². The maximum atomic E-state index is 12.7. The van der Waals surface area contributed by atoms with Gasteiger partial charge in [0.15, 0.2) is 0 Å². The van der Waals surface area contributed by atoms with Crippen molar-refractivity contribution in [1.29, 1.82) is 0 Å². The van der Waals surface area contributed by atoms with Gasteiger partial charge in [0.1, 0.15) is 11.4 Å². The highest BCUT2D eigenvalue weighted by atomic mass is 16.6. The smallest absolute Gasteiger partial charge is 0.410 e. The van der Waals surface area contributed by atoms with Crippen molar-refractivity contribution in [1.82, 2.24) is 4.90 Å². The summed E-state index contributed by atoms with van der Waals surface area (Å²) >= 11 is 0. The number of amides is 1. The molecule has 2 rings (SSSR count). The van der Waals surface area contributed by atoms with E-state index in [1.54, 1.807) is 44.9 Å². The molecule has 0 aliphatic rings. The molecular weight excluding hydrogens is 360 g/mol. The molecule has 0 saturated carbocycles. The maximum absolute atomic E-state index is 12.7. The second-order valence-corrected chi connectivity index (χ2v) is 7.43. The van der Waals surface area contributed by atoms with Crippen LogP contribution in [-0.4, -0.2) is 35.2 Å². The van der Waals surface area contributed by atoms with Gasteiger partial charge < -0.3 is 14.4 Å². The van der Waals surface area contributed by atoms with Gasteiger partial charge in [-0.1, -0.05) is 24.3 Å². The van der Waals surface area contributed by atoms with Crippen molar-refractivity contribution in [2.45, 2.75) is 39.3 Å². The zero-order valence-corrected chi connectivity index (χ0v) is 16.7. The Morgan fingerprint density at radius 1 is 1.11 bits per heavy atom. The summed E-state index contributed by atoms with van der Waals surface area (Å²) in [4.78, 5) is 24.8. The molecule has 0 bridgehead atoms. The third-order valence-corrected chi connectivity index (χ3v) is 3.95. The van der Waals surface area contributed by atoms with E-state index in [9.17, 15) is 14.9 Å². The highest BCUT2D eigenvalue weighted by Gasteiger charge is 2.22. The van der Waals surface area contributed by atoms with Crippen molar-refractivity contribution < 1.29 is 19.2 Å². The third kappa shape index (κ3) is 6.57. The summed E-state index contributed by atoms with van der Waals surface area (Å²) in [7, 11) is 1.61. The minimum Gasteiger partial charge on any atom is -0.497 e. The Morgan fingerprint density at radius 2 is 1.79 bits per heavy atom. The number of nitro benzene ring substituents is 1. The van der Waals surface area contributed by atoms with E-state index >= 15 is 0 Å². The Kier molecular flexibility index (Phi) is 6.98. The number of nitrogens with zero attached hydrogens (tertiary/aromatic N) is 2. The van der Waals surface area contributed by atoms with Crippen LogP contribution in [0.4, 0.5) is 10.5 Å². The average Bonchev–Trinajstić information content (AvgIpc) is 2.64. The lowest BCUT2D eigenvalue weighted by atomic mass is 10.1. The first kappa shape index (κ1) is 21.2. The molecule has 2 aromatic carbocycles. The predicted octanol–water partition coefficient (Wildman–Crippen LogP) is 4.58. The number of hydrogen-bond donors (Lipinski definition) is 0. The first-order valence-corrected chi connectivity index (χ1v) is 9.02. The van der Waals surface area contributed by atoms with E-state index in [1.807, 2.05) is 24.3 Å². The van der Waals surface area contributed by atoms with Crippen molar-refractivity contribution in [3.05, 3.63) is 69.8 Å². The largest absolute Gasteiger partial charge is 0.497 e. The van der Waals surface area contributed by atoms with E-state index in [-0.39, 0.29) is 12.2 Å². The summed E-state index contributed by atoms with van der Waals surface area (Å²) in [6.45, 7) is 6.04. The van der Waals surface area contributed by atoms with Gasteiger partial charge in [0.05, 0.1) is 12.0 Å². The third-order valence-electron chi connectivity index (χ3n) is 3.95. The molecule has 150 valence electrons. The number of carbonyl (C=O) groups excluding carboxylic acids is 1. The van der Waals surface area contributed by atoms with Crippen molar-refractivity contribution >= 4 is 11.8 Å². The van der Waals surface area contributed by atoms with E-state index < -0.39 is 16.6 Å². The van der Waals surface area contributed by atoms with Crippen LogP contribution in [0.2, 0.25) is 0 Å². The quantitative estimate of drug-likeness (QED) is 0.514. The van der Waals surface area contributed by atoms with Gasteiger partial charge in [0.25, 0.3) is 5.69 Å². The van der Waals surface area contributed by atoms with Crippen LogP contribution < -0.4 is 4.74 Å². The van der Waals surface area contributed by atoms with Gasteiger partial charge in [-0.2, -0.15) is 0 Å². The normalized spacial score (nSPS) is 11.0. The van der Waals surface area contributed by atoms with Crippen LogP contribution in [0, 0.1) is 10.1 Å². The summed E-state index contributed by atoms with van der Waals surface area (Å²) in [5.41, 5.74) is 1.06. The van der Waals surface area contributed by atoms with E-state index in [1.165, 1.54) is 12.1 Å². The van der Waals surface area contributed by atoms with Crippen molar-refractivity contribution in [2.24, 2.45) is 0 Å². The second kappa shape index (κ2) is 9.21. The summed E-state index contributed by atoms with van der Waals surface area (Å²) in [5.74, 6) is 0.750. The number of non-ortho nitro benzene ring substituents is 1. The number of carbonyl (C=O) groups is 1. The molecule has 1 amide bonds. The number of nitro groups is 1. The number of ether oxygens (including phenoxy) is 2. The Balaban J connectivity index is 2.17. The summed E-state index contributed by atoms with van der Waals surface area (Å²) in [5, 5.41) is 11.0. The number of methoxy groups -OCH3 is 1. The van der Waals surface area contributed by atoms with Crippen molar-refractivity contribution in [2.75, 3.05) is 13.7 Å². The van der Waals surface area contributed by atoms with Crippen LogP contribution in [-0.2, 0) is 17.7 Å². The minimum absolute atomic E-state index is 0.00515. The zero-order valence-electron chi connectivity index (χ0n) is 16.7. The van der Waals surface area contributed by atoms with Gasteiger partial charge in [-0.05, 0) is 50.5 Å². The fourth-order valence-corrected chi connectivity index (χ4v) is 2.64. The second-order valence-electron chi connectivity index (χ2n) is 7.43. The van der Waals surface area contributed by atoms with Crippen LogP contribution in [0.15, 0.2) is 48.5 Å². The molecular formula is C21H26N2O5. The molecule has 28 heavy (non-hydrogen) atoms. The Labute approximate surface area is 165 Å². The standard InChI is InChI=1S/C21H26N2O5/c1-21(2,3)28-20(24)22(12-11-16-7-6-10-19(14-16)27-4)15-17-8-5-9-18(13-17)23(25)26/h5-10,13-14H,11-12,15H2,1-4H3. The summed E-state index contributed by atoms with van der Waals surface area (Å²) < 4.78 is 10.7. The van der Waals surface area contributed by atoms with Crippen LogP contribution in [0.25, 0.3) is 0 Å². The Morgan fingerprint density at radius 3 is 2.43 bits per heavy atom. The maximum Gasteiger partial charge on any atom is 0.410 e. The molecule has 0 unspecified atom stereocenters. The zero-order chi connectivity index (χ0) is 20.7. The SMILES string of the molecule is COc1cccc(CCN(Cc2cccc([N+](=O)[O-])c2)C(=O)OC(C)(C)C)c1. The first-order chi connectivity index (χ1) is 13.2.